The molecule has 0 aliphatic heterocycles. The molecule has 0 bridgehead atoms. The van der Waals surface area contributed by atoms with Crippen molar-refractivity contribution in [2.75, 3.05) is 13.2 Å². The number of halogens is 2. The van der Waals surface area contributed by atoms with E-state index >= 15 is 0 Å². The third-order valence-electron chi connectivity index (χ3n) is 2.35. The lowest BCUT2D eigenvalue weighted by molar-refractivity contribution is -0.125. The van der Waals surface area contributed by atoms with Crippen molar-refractivity contribution in [2.24, 2.45) is 5.73 Å². The molecular formula is C13H20BrClN2O3. The van der Waals surface area contributed by atoms with Crippen LogP contribution in [0.1, 0.15) is 13.8 Å². The molecule has 0 radical (unpaired) electrons. The third-order valence-corrected chi connectivity index (χ3v) is 3.01. The van der Waals surface area contributed by atoms with Gasteiger partial charge in [-0.15, -0.1) is 12.4 Å². The fourth-order valence-corrected chi connectivity index (χ4v) is 1.64. The van der Waals surface area contributed by atoms with Gasteiger partial charge in [-0.1, -0.05) is 12.1 Å². The standard InChI is InChI=1S/C13H19BrN2O3.ClH/c1-13(2,15)12(18)16-7-9(17)8-19-11-6-4-3-5-10(11)14;/h3-6,9,17H,7-8,15H2,1-2H3,(H,16,18);1H. The number of aliphatic hydroxyl groups excluding tert-OH is 1. The Morgan fingerprint density at radius 2 is 2.10 bits per heavy atom. The number of rotatable bonds is 6. The molecule has 0 spiro atoms. The fraction of sp³-hybridized carbons (Fsp3) is 0.462. The smallest absolute Gasteiger partial charge is 0.239 e. The van der Waals surface area contributed by atoms with Crippen molar-refractivity contribution >= 4 is 34.2 Å². The SMILES string of the molecule is CC(C)(N)C(=O)NCC(O)COc1ccccc1Br.Cl. The van der Waals surface area contributed by atoms with Gasteiger partial charge in [0.15, 0.2) is 0 Å². The van der Waals surface area contributed by atoms with Crippen LogP contribution in [0.5, 0.6) is 5.75 Å². The average molecular weight is 368 g/mol. The van der Waals surface area contributed by atoms with Gasteiger partial charge in [0.2, 0.25) is 5.91 Å². The lowest BCUT2D eigenvalue weighted by Gasteiger charge is -2.19. The van der Waals surface area contributed by atoms with E-state index in [0.29, 0.717) is 5.75 Å². The molecule has 1 amide bonds. The van der Waals surface area contributed by atoms with Crippen molar-refractivity contribution < 1.29 is 14.6 Å². The number of hydrogen-bond acceptors (Lipinski definition) is 4. The minimum atomic E-state index is -0.955. The maximum Gasteiger partial charge on any atom is 0.239 e. The average Bonchev–Trinajstić information content (AvgIpc) is 2.33. The Kier molecular flexibility index (Phi) is 8.12. The molecule has 1 aromatic carbocycles. The Morgan fingerprint density at radius 3 is 2.65 bits per heavy atom. The first-order valence-electron chi connectivity index (χ1n) is 5.93. The summed E-state index contributed by atoms with van der Waals surface area (Å²) in [6.45, 7) is 3.40. The molecule has 20 heavy (non-hydrogen) atoms. The van der Waals surface area contributed by atoms with Crippen molar-refractivity contribution in [1.82, 2.24) is 5.32 Å². The van der Waals surface area contributed by atoms with Crippen molar-refractivity contribution in [1.29, 1.82) is 0 Å². The Hall–Kier alpha value is -0.820. The molecule has 0 aliphatic carbocycles. The number of nitrogens with two attached hydrogens (primary N) is 1. The number of aliphatic hydroxyl groups is 1. The van der Waals surface area contributed by atoms with E-state index in [-0.39, 0.29) is 31.5 Å². The Balaban J connectivity index is 0.00000361. The van der Waals surface area contributed by atoms with E-state index in [4.69, 9.17) is 10.5 Å². The molecule has 1 unspecified atom stereocenters. The minimum Gasteiger partial charge on any atom is -0.490 e. The van der Waals surface area contributed by atoms with Crippen LogP contribution in [-0.4, -0.2) is 35.8 Å². The second-order valence-electron chi connectivity index (χ2n) is 4.83. The summed E-state index contributed by atoms with van der Waals surface area (Å²) in [6.07, 6.45) is -0.793. The van der Waals surface area contributed by atoms with Gasteiger partial charge in [-0.3, -0.25) is 4.79 Å². The molecule has 0 aromatic heterocycles. The number of carbonyl (C=O) groups is 1. The molecule has 114 valence electrons. The quantitative estimate of drug-likeness (QED) is 0.711. The van der Waals surface area contributed by atoms with Gasteiger partial charge in [0.1, 0.15) is 18.5 Å². The summed E-state index contributed by atoms with van der Waals surface area (Å²) in [4.78, 5) is 11.5. The molecule has 0 fully saturated rings. The summed E-state index contributed by atoms with van der Waals surface area (Å²) in [5.41, 5.74) is 4.66. The number of hydrogen-bond donors (Lipinski definition) is 3. The van der Waals surface area contributed by atoms with Crippen molar-refractivity contribution in [3.8, 4) is 5.75 Å². The van der Waals surface area contributed by atoms with Gasteiger partial charge in [-0.2, -0.15) is 0 Å². The van der Waals surface area contributed by atoms with E-state index in [0.717, 1.165) is 4.47 Å². The Labute approximate surface area is 133 Å². The van der Waals surface area contributed by atoms with E-state index < -0.39 is 11.6 Å². The molecule has 0 aliphatic rings. The summed E-state index contributed by atoms with van der Waals surface area (Å²) in [5.74, 6) is 0.333. The molecule has 0 saturated carbocycles. The second-order valence-corrected chi connectivity index (χ2v) is 5.68. The molecule has 7 heteroatoms. The van der Waals surface area contributed by atoms with Crippen molar-refractivity contribution in [3.05, 3.63) is 28.7 Å². The number of ether oxygens (including phenoxy) is 1. The zero-order valence-corrected chi connectivity index (χ0v) is 13.8. The summed E-state index contributed by atoms with van der Waals surface area (Å²) in [6, 6.07) is 7.35. The third kappa shape index (κ3) is 6.56. The summed E-state index contributed by atoms with van der Waals surface area (Å²) in [7, 11) is 0. The van der Waals surface area contributed by atoms with Crippen molar-refractivity contribution in [2.45, 2.75) is 25.5 Å². The van der Waals surface area contributed by atoms with Crippen LogP contribution in [-0.2, 0) is 4.79 Å². The van der Waals surface area contributed by atoms with E-state index in [1.807, 2.05) is 18.2 Å². The normalized spacial score (nSPS) is 12.2. The lowest BCUT2D eigenvalue weighted by atomic mass is 10.1. The maximum atomic E-state index is 11.5. The van der Waals surface area contributed by atoms with Gasteiger partial charge in [-0.25, -0.2) is 0 Å². The van der Waals surface area contributed by atoms with Gasteiger partial charge in [-0.05, 0) is 41.9 Å². The van der Waals surface area contributed by atoms with Crippen LogP contribution in [0.3, 0.4) is 0 Å². The van der Waals surface area contributed by atoms with E-state index in [9.17, 15) is 9.90 Å². The first-order chi connectivity index (χ1) is 8.80. The zero-order chi connectivity index (χ0) is 14.5. The monoisotopic (exact) mass is 366 g/mol. The van der Waals surface area contributed by atoms with Crippen molar-refractivity contribution in [3.63, 3.8) is 0 Å². The molecular weight excluding hydrogens is 348 g/mol. The highest BCUT2D eigenvalue weighted by molar-refractivity contribution is 9.10. The highest BCUT2D eigenvalue weighted by Gasteiger charge is 2.22. The molecule has 1 rings (SSSR count). The van der Waals surface area contributed by atoms with Crippen LogP contribution in [0.4, 0.5) is 0 Å². The van der Waals surface area contributed by atoms with Gasteiger partial charge < -0.3 is 20.9 Å². The van der Waals surface area contributed by atoms with Gasteiger partial charge in [0, 0.05) is 6.54 Å². The largest absolute Gasteiger partial charge is 0.490 e. The number of para-hydroxylation sites is 1. The van der Waals surface area contributed by atoms with E-state index in [1.165, 1.54) is 0 Å². The number of nitrogens with one attached hydrogen (secondary N) is 1. The maximum absolute atomic E-state index is 11.5. The summed E-state index contributed by atoms with van der Waals surface area (Å²) in [5, 5.41) is 12.3. The fourth-order valence-electron chi connectivity index (χ4n) is 1.25. The first kappa shape index (κ1) is 19.2. The Morgan fingerprint density at radius 1 is 1.50 bits per heavy atom. The molecule has 4 N–H and O–H groups in total. The van der Waals surface area contributed by atoms with Crippen LogP contribution in [0.15, 0.2) is 28.7 Å². The number of benzene rings is 1. The molecule has 0 saturated heterocycles. The minimum absolute atomic E-state index is 0. The number of carbonyl (C=O) groups excluding carboxylic acids is 1. The van der Waals surface area contributed by atoms with Crippen LogP contribution in [0.25, 0.3) is 0 Å². The predicted octanol–water partition coefficient (Wildman–Crippen LogP) is 1.46. The first-order valence-corrected chi connectivity index (χ1v) is 6.72. The Bertz CT molecular complexity index is 438. The van der Waals surface area contributed by atoms with Gasteiger partial charge >= 0.3 is 0 Å². The molecule has 1 atom stereocenters. The van der Waals surface area contributed by atoms with Crippen LogP contribution >= 0.6 is 28.3 Å². The second kappa shape index (κ2) is 8.46. The molecule has 1 aromatic rings. The van der Waals surface area contributed by atoms with Gasteiger partial charge in [0.05, 0.1) is 10.0 Å². The highest BCUT2D eigenvalue weighted by atomic mass is 79.9. The van der Waals surface area contributed by atoms with Crippen LogP contribution in [0, 0.1) is 0 Å². The topological polar surface area (TPSA) is 84.6 Å². The van der Waals surface area contributed by atoms with E-state index in [1.54, 1.807) is 19.9 Å². The predicted molar refractivity (Wildman–Crippen MR) is 84.2 cm³/mol. The zero-order valence-electron chi connectivity index (χ0n) is 11.4. The molecule has 0 heterocycles. The lowest BCUT2D eigenvalue weighted by Crippen LogP contribution is -2.51. The molecule has 5 nitrogen and oxygen atoms in total. The number of amides is 1. The van der Waals surface area contributed by atoms with Gasteiger partial charge in [0.25, 0.3) is 0 Å². The van der Waals surface area contributed by atoms with E-state index in [2.05, 4.69) is 21.2 Å². The summed E-state index contributed by atoms with van der Waals surface area (Å²) < 4.78 is 6.25. The van der Waals surface area contributed by atoms with Crippen LogP contribution < -0.4 is 15.8 Å². The summed E-state index contributed by atoms with van der Waals surface area (Å²) >= 11 is 3.34. The van der Waals surface area contributed by atoms with Crippen LogP contribution in [0.2, 0.25) is 0 Å². The highest BCUT2D eigenvalue weighted by Crippen LogP contribution is 2.23.